The van der Waals surface area contributed by atoms with E-state index in [4.69, 9.17) is 5.73 Å². The Morgan fingerprint density at radius 2 is 2.23 bits per heavy atom. The van der Waals surface area contributed by atoms with E-state index in [0.29, 0.717) is 0 Å². The SMILES string of the molecule is C[C@H](N)c1ccc2cn(C)nc2c1. The van der Waals surface area contributed by atoms with Gasteiger partial charge in [0.2, 0.25) is 0 Å². The minimum absolute atomic E-state index is 0.0754. The third-order valence-electron chi connectivity index (χ3n) is 2.17. The second-order valence-corrected chi connectivity index (χ2v) is 3.41. The maximum absolute atomic E-state index is 5.78. The summed E-state index contributed by atoms with van der Waals surface area (Å²) in [5.41, 5.74) is 7.92. The summed E-state index contributed by atoms with van der Waals surface area (Å²) >= 11 is 0. The molecule has 2 aromatic rings. The Morgan fingerprint density at radius 3 is 2.92 bits per heavy atom. The summed E-state index contributed by atoms with van der Waals surface area (Å²) in [7, 11) is 1.92. The molecule has 0 saturated carbocycles. The fraction of sp³-hybridized carbons (Fsp3) is 0.300. The number of fused-ring (bicyclic) bond motifs is 1. The van der Waals surface area contributed by atoms with E-state index in [1.165, 1.54) is 0 Å². The molecule has 3 heteroatoms. The van der Waals surface area contributed by atoms with Gasteiger partial charge in [-0.2, -0.15) is 5.10 Å². The molecule has 0 aliphatic rings. The highest BCUT2D eigenvalue weighted by Crippen LogP contribution is 2.17. The van der Waals surface area contributed by atoms with Gasteiger partial charge in [0.05, 0.1) is 5.52 Å². The van der Waals surface area contributed by atoms with E-state index in [0.717, 1.165) is 16.5 Å². The van der Waals surface area contributed by atoms with Crippen LogP contribution >= 0.6 is 0 Å². The van der Waals surface area contributed by atoms with Crippen LogP contribution in [0.15, 0.2) is 24.4 Å². The molecular weight excluding hydrogens is 162 g/mol. The minimum atomic E-state index is 0.0754. The third-order valence-corrected chi connectivity index (χ3v) is 2.17. The van der Waals surface area contributed by atoms with E-state index in [1.54, 1.807) is 0 Å². The average Bonchev–Trinajstić information content (AvgIpc) is 2.42. The first kappa shape index (κ1) is 8.26. The molecule has 0 aliphatic carbocycles. The van der Waals surface area contributed by atoms with Gasteiger partial charge in [-0.25, -0.2) is 0 Å². The summed E-state index contributed by atoms with van der Waals surface area (Å²) in [6, 6.07) is 6.22. The first-order valence-corrected chi connectivity index (χ1v) is 4.36. The first-order chi connectivity index (χ1) is 6.16. The van der Waals surface area contributed by atoms with Crippen LogP contribution in [0.5, 0.6) is 0 Å². The lowest BCUT2D eigenvalue weighted by Gasteiger charge is -2.03. The van der Waals surface area contributed by atoms with Crippen molar-refractivity contribution in [1.29, 1.82) is 0 Å². The largest absolute Gasteiger partial charge is 0.324 e. The van der Waals surface area contributed by atoms with Gasteiger partial charge < -0.3 is 5.73 Å². The topological polar surface area (TPSA) is 43.8 Å². The van der Waals surface area contributed by atoms with E-state index in [1.807, 2.05) is 30.9 Å². The van der Waals surface area contributed by atoms with Crippen LogP contribution in [-0.4, -0.2) is 9.78 Å². The van der Waals surface area contributed by atoms with Crippen molar-refractivity contribution in [2.75, 3.05) is 0 Å². The number of hydrogen-bond donors (Lipinski definition) is 1. The van der Waals surface area contributed by atoms with Gasteiger partial charge in [-0.3, -0.25) is 4.68 Å². The summed E-state index contributed by atoms with van der Waals surface area (Å²) in [5.74, 6) is 0. The molecule has 68 valence electrons. The number of nitrogens with two attached hydrogens (primary N) is 1. The molecule has 2 N–H and O–H groups in total. The van der Waals surface area contributed by atoms with Crippen LogP contribution in [-0.2, 0) is 7.05 Å². The zero-order valence-corrected chi connectivity index (χ0v) is 7.86. The Balaban J connectivity index is 2.61. The second kappa shape index (κ2) is 2.85. The molecule has 0 amide bonds. The average molecular weight is 175 g/mol. The Bertz CT molecular complexity index is 429. The van der Waals surface area contributed by atoms with E-state index < -0.39 is 0 Å². The zero-order valence-electron chi connectivity index (χ0n) is 7.86. The molecule has 2 rings (SSSR count). The van der Waals surface area contributed by atoms with Gasteiger partial charge in [-0.05, 0) is 18.6 Å². The van der Waals surface area contributed by atoms with Gasteiger partial charge in [-0.1, -0.05) is 12.1 Å². The van der Waals surface area contributed by atoms with Gasteiger partial charge in [0.25, 0.3) is 0 Å². The number of benzene rings is 1. The summed E-state index contributed by atoms with van der Waals surface area (Å²) in [5, 5.41) is 5.48. The summed E-state index contributed by atoms with van der Waals surface area (Å²) in [4.78, 5) is 0. The molecule has 0 unspecified atom stereocenters. The van der Waals surface area contributed by atoms with Gasteiger partial charge in [0, 0.05) is 24.7 Å². The highest BCUT2D eigenvalue weighted by molar-refractivity contribution is 5.78. The smallest absolute Gasteiger partial charge is 0.0926 e. The monoisotopic (exact) mass is 175 g/mol. The molecule has 1 aromatic carbocycles. The molecule has 0 radical (unpaired) electrons. The maximum Gasteiger partial charge on any atom is 0.0926 e. The first-order valence-electron chi connectivity index (χ1n) is 4.36. The summed E-state index contributed by atoms with van der Waals surface area (Å²) in [6.45, 7) is 1.98. The predicted octanol–water partition coefficient (Wildman–Crippen LogP) is 1.59. The van der Waals surface area contributed by atoms with Crippen LogP contribution in [0.1, 0.15) is 18.5 Å². The van der Waals surface area contributed by atoms with Gasteiger partial charge in [0.15, 0.2) is 0 Å². The zero-order chi connectivity index (χ0) is 9.42. The molecule has 1 heterocycles. The molecule has 0 spiro atoms. The Labute approximate surface area is 77.2 Å². The predicted molar refractivity (Wildman–Crippen MR) is 53.3 cm³/mol. The van der Waals surface area contributed by atoms with Crippen LogP contribution in [0.3, 0.4) is 0 Å². The van der Waals surface area contributed by atoms with Crippen molar-refractivity contribution in [3.8, 4) is 0 Å². The number of hydrogen-bond acceptors (Lipinski definition) is 2. The van der Waals surface area contributed by atoms with Crippen LogP contribution in [0.2, 0.25) is 0 Å². The fourth-order valence-electron chi connectivity index (χ4n) is 1.44. The lowest BCUT2D eigenvalue weighted by atomic mass is 10.1. The van der Waals surface area contributed by atoms with E-state index in [2.05, 4.69) is 17.2 Å². The molecule has 0 saturated heterocycles. The Kier molecular flexibility index (Phi) is 1.81. The molecule has 1 atom stereocenters. The van der Waals surface area contributed by atoms with Crippen molar-refractivity contribution in [1.82, 2.24) is 9.78 Å². The van der Waals surface area contributed by atoms with Gasteiger partial charge in [0.1, 0.15) is 0 Å². The highest BCUT2D eigenvalue weighted by Gasteiger charge is 2.02. The Hall–Kier alpha value is -1.35. The standard InChI is InChI=1S/C10H13N3/c1-7(11)8-3-4-9-6-13(2)12-10(9)5-8/h3-7H,11H2,1-2H3/t7-/m0/s1. The summed E-state index contributed by atoms with van der Waals surface area (Å²) < 4.78 is 1.82. The molecule has 0 bridgehead atoms. The van der Waals surface area contributed by atoms with Crippen LogP contribution in [0.4, 0.5) is 0 Å². The number of rotatable bonds is 1. The molecular formula is C10H13N3. The van der Waals surface area contributed by atoms with Crippen molar-refractivity contribution in [3.63, 3.8) is 0 Å². The third kappa shape index (κ3) is 1.42. The normalized spacial score (nSPS) is 13.5. The molecule has 3 nitrogen and oxygen atoms in total. The summed E-state index contributed by atoms with van der Waals surface area (Å²) in [6.07, 6.45) is 2.00. The second-order valence-electron chi connectivity index (χ2n) is 3.41. The van der Waals surface area contributed by atoms with E-state index in [-0.39, 0.29) is 6.04 Å². The van der Waals surface area contributed by atoms with Crippen molar-refractivity contribution in [2.24, 2.45) is 12.8 Å². The molecule has 1 aromatic heterocycles. The van der Waals surface area contributed by atoms with Crippen LogP contribution in [0.25, 0.3) is 10.9 Å². The highest BCUT2D eigenvalue weighted by atomic mass is 15.2. The van der Waals surface area contributed by atoms with Crippen molar-refractivity contribution in [3.05, 3.63) is 30.0 Å². The fourth-order valence-corrected chi connectivity index (χ4v) is 1.44. The Morgan fingerprint density at radius 1 is 1.46 bits per heavy atom. The molecule has 0 fully saturated rings. The van der Waals surface area contributed by atoms with Crippen LogP contribution in [0, 0.1) is 0 Å². The lowest BCUT2D eigenvalue weighted by Crippen LogP contribution is -2.04. The number of nitrogens with zero attached hydrogens (tertiary/aromatic N) is 2. The minimum Gasteiger partial charge on any atom is -0.324 e. The maximum atomic E-state index is 5.78. The number of aromatic nitrogens is 2. The van der Waals surface area contributed by atoms with Crippen molar-refractivity contribution < 1.29 is 0 Å². The van der Waals surface area contributed by atoms with Crippen LogP contribution < -0.4 is 5.73 Å². The lowest BCUT2D eigenvalue weighted by molar-refractivity contribution is 0.778. The van der Waals surface area contributed by atoms with Crippen molar-refractivity contribution >= 4 is 10.9 Å². The number of aryl methyl sites for hydroxylation is 1. The quantitative estimate of drug-likeness (QED) is 0.715. The van der Waals surface area contributed by atoms with Gasteiger partial charge in [-0.15, -0.1) is 0 Å². The molecule has 13 heavy (non-hydrogen) atoms. The molecule has 0 aliphatic heterocycles. The van der Waals surface area contributed by atoms with Gasteiger partial charge >= 0.3 is 0 Å². The van der Waals surface area contributed by atoms with E-state index in [9.17, 15) is 0 Å². The van der Waals surface area contributed by atoms with Crippen molar-refractivity contribution in [2.45, 2.75) is 13.0 Å². The van der Waals surface area contributed by atoms with E-state index >= 15 is 0 Å².